The Hall–Kier alpha value is -2.73. The predicted molar refractivity (Wildman–Crippen MR) is 103 cm³/mol. The zero-order chi connectivity index (χ0) is 19.0. The summed E-state index contributed by atoms with van der Waals surface area (Å²) in [6.07, 6.45) is 4.65. The average Bonchev–Trinajstić information content (AvgIpc) is 2.69. The van der Waals surface area contributed by atoms with E-state index in [0.717, 1.165) is 5.56 Å². The number of nitrogens with zero attached hydrogens (tertiary/aromatic N) is 1. The highest BCUT2D eigenvalue weighted by molar-refractivity contribution is 6.04. The second-order valence-corrected chi connectivity index (χ2v) is 6.27. The van der Waals surface area contributed by atoms with Gasteiger partial charge in [0.25, 0.3) is 5.91 Å². The van der Waals surface area contributed by atoms with Gasteiger partial charge in [-0.1, -0.05) is 26.0 Å². The number of hydrogen-bond acceptors (Lipinski definition) is 4. The molecule has 0 bridgehead atoms. The van der Waals surface area contributed by atoms with E-state index >= 15 is 0 Å². The van der Waals surface area contributed by atoms with Crippen molar-refractivity contribution in [1.82, 2.24) is 10.3 Å². The third kappa shape index (κ3) is 4.67. The highest BCUT2D eigenvalue weighted by Crippen LogP contribution is 2.25. The Bertz CT molecular complexity index is 717. The maximum absolute atomic E-state index is 12.4. The molecule has 2 aromatic rings. The first kappa shape index (κ1) is 19.6. The molecule has 0 atom stereocenters. The van der Waals surface area contributed by atoms with Gasteiger partial charge in [-0.05, 0) is 42.7 Å². The van der Waals surface area contributed by atoms with Crippen molar-refractivity contribution in [2.45, 2.75) is 33.2 Å². The summed E-state index contributed by atoms with van der Waals surface area (Å²) < 4.78 is 0. The molecule has 26 heavy (non-hydrogen) atoms. The van der Waals surface area contributed by atoms with Crippen molar-refractivity contribution >= 4 is 17.5 Å². The van der Waals surface area contributed by atoms with Crippen molar-refractivity contribution in [3.8, 4) is 0 Å². The highest BCUT2D eigenvalue weighted by atomic mass is 16.2. The number of pyridine rings is 1. The molecular weight excluding hydrogens is 328 g/mol. The Kier molecular flexibility index (Phi) is 6.86. The second-order valence-electron chi connectivity index (χ2n) is 6.27. The summed E-state index contributed by atoms with van der Waals surface area (Å²) in [7, 11) is 0. The monoisotopic (exact) mass is 354 g/mol. The lowest BCUT2D eigenvalue weighted by Crippen LogP contribution is -2.45. The van der Waals surface area contributed by atoms with E-state index in [-0.39, 0.29) is 11.8 Å². The smallest absolute Gasteiger partial charge is 0.255 e. The summed E-state index contributed by atoms with van der Waals surface area (Å²) >= 11 is 0. The van der Waals surface area contributed by atoms with E-state index < -0.39 is 5.41 Å². The maximum Gasteiger partial charge on any atom is 0.255 e. The molecule has 4 N–H and O–H groups in total. The molecule has 0 saturated heterocycles. The Morgan fingerprint density at radius 2 is 1.81 bits per heavy atom. The van der Waals surface area contributed by atoms with Crippen LogP contribution in [0, 0.1) is 5.41 Å². The van der Waals surface area contributed by atoms with Crippen LogP contribution in [0.1, 0.15) is 42.6 Å². The van der Waals surface area contributed by atoms with Gasteiger partial charge in [0.15, 0.2) is 0 Å². The minimum absolute atomic E-state index is 0.0246. The van der Waals surface area contributed by atoms with Crippen LogP contribution in [0.25, 0.3) is 0 Å². The Morgan fingerprint density at radius 3 is 2.35 bits per heavy atom. The lowest BCUT2D eigenvalue weighted by molar-refractivity contribution is -0.131. The van der Waals surface area contributed by atoms with Gasteiger partial charge in [-0.25, -0.2) is 0 Å². The molecule has 1 aromatic carbocycles. The number of nitrogens with two attached hydrogens (primary N) is 1. The minimum atomic E-state index is -0.510. The van der Waals surface area contributed by atoms with Gasteiger partial charge in [0.2, 0.25) is 5.91 Å². The van der Waals surface area contributed by atoms with Gasteiger partial charge in [0.1, 0.15) is 0 Å². The van der Waals surface area contributed by atoms with Crippen LogP contribution in [-0.2, 0) is 11.3 Å². The average molecular weight is 354 g/mol. The van der Waals surface area contributed by atoms with Crippen molar-refractivity contribution in [2.75, 3.05) is 11.9 Å². The molecule has 6 nitrogen and oxygen atoms in total. The number of benzene rings is 1. The van der Waals surface area contributed by atoms with E-state index in [4.69, 9.17) is 5.73 Å². The molecule has 6 heteroatoms. The summed E-state index contributed by atoms with van der Waals surface area (Å²) in [6.45, 7) is 4.70. The number of carbonyl (C=O) groups excluding carboxylic acids is 2. The summed E-state index contributed by atoms with van der Waals surface area (Å²) in [5, 5.41) is 5.74. The van der Waals surface area contributed by atoms with E-state index in [9.17, 15) is 9.59 Å². The first-order valence-electron chi connectivity index (χ1n) is 8.83. The first-order chi connectivity index (χ1) is 12.5. The summed E-state index contributed by atoms with van der Waals surface area (Å²) in [5.41, 5.74) is 7.41. The Morgan fingerprint density at radius 1 is 1.12 bits per heavy atom. The minimum Gasteiger partial charge on any atom is -0.352 e. The molecule has 0 spiro atoms. The van der Waals surface area contributed by atoms with Crippen LogP contribution < -0.4 is 16.4 Å². The van der Waals surface area contributed by atoms with E-state index in [1.807, 2.05) is 26.0 Å². The van der Waals surface area contributed by atoms with Crippen LogP contribution in [0.3, 0.4) is 0 Å². The van der Waals surface area contributed by atoms with E-state index in [2.05, 4.69) is 15.6 Å². The highest BCUT2D eigenvalue weighted by Gasteiger charge is 2.32. The Balaban J connectivity index is 1.95. The van der Waals surface area contributed by atoms with Crippen molar-refractivity contribution < 1.29 is 9.59 Å². The second kappa shape index (κ2) is 9.10. The predicted octanol–water partition coefficient (Wildman–Crippen LogP) is 2.72. The molecule has 0 aliphatic heterocycles. The molecule has 1 heterocycles. The van der Waals surface area contributed by atoms with Crippen LogP contribution >= 0.6 is 0 Å². The normalized spacial score (nSPS) is 11.0. The number of amides is 2. The quantitative estimate of drug-likeness (QED) is 0.679. The van der Waals surface area contributed by atoms with Crippen LogP contribution in [0.15, 0.2) is 48.8 Å². The van der Waals surface area contributed by atoms with Gasteiger partial charge in [0.05, 0.1) is 17.3 Å². The molecule has 1 aromatic heterocycles. The van der Waals surface area contributed by atoms with E-state index in [1.165, 1.54) is 0 Å². The molecule has 0 fully saturated rings. The lowest BCUT2D eigenvalue weighted by Gasteiger charge is -2.28. The molecule has 2 amide bonds. The number of nitrogens with one attached hydrogen (secondary N) is 2. The molecule has 0 saturated carbocycles. The van der Waals surface area contributed by atoms with Crippen LogP contribution in [-0.4, -0.2) is 23.3 Å². The number of hydrogen-bond donors (Lipinski definition) is 3. The number of rotatable bonds is 8. The van der Waals surface area contributed by atoms with Gasteiger partial charge in [0, 0.05) is 24.8 Å². The summed E-state index contributed by atoms with van der Waals surface area (Å²) in [5.74, 6) is -0.226. The number of aromatic nitrogens is 1. The van der Waals surface area contributed by atoms with Gasteiger partial charge in [-0.15, -0.1) is 0 Å². The number of carbonyl (C=O) groups is 2. The molecule has 138 valence electrons. The van der Waals surface area contributed by atoms with E-state index in [0.29, 0.717) is 37.2 Å². The zero-order valence-corrected chi connectivity index (χ0v) is 15.3. The molecule has 0 radical (unpaired) electrons. The standard InChI is InChI=1S/C20H26N4O2/c1-3-20(4-2,14-21)19(26)23-12-15-7-9-16(10-8-15)18(25)24-17-6-5-11-22-13-17/h5-11,13H,3-4,12,14,21H2,1-2H3,(H,23,26)(H,24,25). The zero-order valence-electron chi connectivity index (χ0n) is 15.3. The van der Waals surface area contributed by atoms with E-state index in [1.54, 1.807) is 36.7 Å². The topological polar surface area (TPSA) is 97.1 Å². The lowest BCUT2D eigenvalue weighted by atomic mass is 9.81. The molecule has 0 unspecified atom stereocenters. The third-order valence-electron chi connectivity index (χ3n) is 4.81. The molecule has 2 rings (SSSR count). The van der Waals surface area contributed by atoms with Crippen LogP contribution in [0.4, 0.5) is 5.69 Å². The molecule has 0 aliphatic carbocycles. The Labute approximate surface area is 154 Å². The van der Waals surface area contributed by atoms with Crippen molar-refractivity contribution in [3.05, 3.63) is 59.9 Å². The van der Waals surface area contributed by atoms with Crippen molar-refractivity contribution in [3.63, 3.8) is 0 Å². The van der Waals surface area contributed by atoms with Gasteiger partial charge in [-0.3, -0.25) is 14.6 Å². The first-order valence-corrected chi connectivity index (χ1v) is 8.83. The fraction of sp³-hybridized carbons (Fsp3) is 0.350. The van der Waals surface area contributed by atoms with Gasteiger partial charge >= 0.3 is 0 Å². The van der Waals surface area contributed by atoms with Crippen LogP contribution in [0.2, 0.25) is 0 Å². The third-order valence-corrected chi connectivity index (χ3v) is 4.81. The molecular formula is C20H26N4O2. The molecule has 0 aliphatic rings. The summed E-state index contributed by atoms with van der Waals surface area (Å²) in [4.78, 5) is 28.6. The van der Waals surface area contributed by atoms with Crippen molar-refractivity contribution in [1.29, 1.82) is 0 Å². The fourth-order valence-corrected chi connectivity index (χ4v) is 2.74. The summed E-state index contributed by atoms with van der Waals surface area (Å²) in [6, 6.07) is 10.7. The number of anilines is 1. The van der Waals surface area contributed by atoms with Gasteiger partial charge in [-0.2, -0.15) is 0 Å². The van der Waals surface area contributed by atoms with Gasteiger partial charge < -0.3 is 16.4 Å². The van der Waals surface area contributed by atoms with Crippen molar-refractivity contribution in [2.24, 2.45) is 11.1 Å². The SMILES string of the molecule is CCC(CC)(CN)C(=O)NCc1ccc(C(=O)Nc2cccnc2)cc1. The van der Waals surface area contributed by atoms with Crippen LogP contribution in [0.5, 0.6) is 0 Å². The maximum atomic E-state index is 12.4. The fourth-order valence-electron chi connectivity index (χ4n) is 2.74. The largest absolute Gasteiger partial charge is 0.352 e.